The molecule has 0 aromatic heterocycles. The maximum absolute atomic E-state index is 3.95. The lowest BCUT2D eigenvalue weighted by Gasteiger charge is -2.30. The van der Waals surface area contributed by atoms with Crippen molar-refractivity contribution >= 4 is 11.8 Å². The highest BCUT2D eigenvalue weighted by molar-refractivity contribution is 7.98. The lowest BCUT2D eigenvalue weighted by atomic mass is 9.99. The molecule has 0 radical (unpaired) electrons. The van der Waals surface area contributed by atoms with Crippen LogP contribution in [0.25, 0.3) is 0 Å². The molecule has 3 rings (SSSR count). The first kappa shape index (κ1) is 13.5. The molecule has 1 aliphatic heterocycles. The lowest BCUT2D eigenvalue weighted by Crippen LogP contribution is -2.35. The van der Waals surface area contributed by atoms with Crippen LogP contribution >= 0.6 is 11.8 Å². The van der Waals surface area contributed by atoms with Crippen molar-refractivity contribution in [1.82, 2.24) is 5.32 Å². The number of hydrogen-bond donors (Lipinski definition) is 1. The number of thioether (sulfide) groups is 1. The maximum Gasteiger partial charge on any atom is 0.0417 e. The molecule has 1 aromatic rings. The van der Waals surface area contributed by atoms with E-state index in [1.54, 1.807) is 11.1 Å². The molecule has 1 N–H and O–H groups in total. The van der Waals surface area contributed by atoms with Crippen LogP contribution in [0.1, 0.15) is 56.2 Å². The molecule has 0 amide bonds. The Bertz CT molecular complexity index is 417. The average Bonchev–Trinajstić information content (AvgIpc) is 2.64. The maximum atomic E-state index is 3.95. The van der Waals surface area contributed by atoms with E-state index in [-0.39, 0.29) is 0 Å². The van der Waals surface area contributed by atoms with E-state index in [1.165, 1.54) is 43.6 Å². The second kappa shape index (κ2) is 6.32. The average molecular weight is 275 g/mol. The molecular weight excluding hydrogens is 250 g/mol. The van der Waals surface area contributed by atoms with Crippen molar-refractivity contribution in [2.24, 2.45) is 5.92 Å². The molecule has 1 saturated carbocycles. The molecule has 0 spiro atoms. The van der Waals surface area contributed by atoms with Gasteiger partial charge in [0.1, 0.15) is 0 Å². The minimum atomic E-state index is 0.577. The van der Waals surface area contributed by atoms with Crippen LogP contribution in [0.15, 0.2) is 24.3 Å². The minimum absolute atomic E-state index is 0.577. The van der Waals surface area contributed by atoms with Crippen LogP contribution in [0.4, 0.5) is 0 Å². The molecule has 3 unspecified atom stereocenters. The lowest BCUT2D eigenvalue weighted by molar-refractivity contribution is 0.409. The largest absolute Gasteiger partial charge is 0.306 e. The van der Waals surface area contributed by atoms with Gasteiger partial charge in [0, 0.05) is 23.6 Å². The Hall–Kier alpha value is -0.470. The van der Waals surface area contributed by atoms with E-state index >= 15 is 0 Å². The Morgan fingerprint density at radius 1 is 1.11 bits per heavy atom. The SMILES string of the molecule is CC1CCCC(NC2CSCc3ccccc32)CC1. The van der Waals surface area contributed by atoms with Crippen molar-refractivity contribution in [1.29, 1.82) is 0 Å². The second-order valence-electron chi connectivity index (χ2n) is 6.24. The minimum Gasteiger partial charge on any atom is -0.306 e. The summed E-state index contributed by atoms with van der Waals surface area (Å²) in [5, 5.41) is 3.95. The Kier molecular flexibility index (Phi) is 4.49. The molecular formula is C17H25NS. The zero-order valence-corrected chi connectivity index (χ0v) is 12.7. The summed E-state index contributed by atoms with van der Waals surface area (Å²) in [5.41, 5.74) is 3.09. The summed E-state index contributed by atoms with van der Waals surface area (Å²) >= 11 is 2.08. The highest BCUT2D eigenvalue weighted by Gasteiger charge is 2.24. The number of benzene rings is 1. The normalized spacial score (nSPS) is 31.5. The van der Waals surface area contributed by atoms with Gasteiger partial charge in [0.15, 0.2) is 0 Å². The Morgan fingerprint density at radius 3 is 2.95 bits per heavy atom. The van der Waals surface area contributed by atoms with Crippen LogP contribution in [-0.4, -0.2) is 11.8 Å². The van der Waals surface area contributed by atoms with Crippen LogP contribution in [0.2, 0.25) is 0 Å². The number of hydrogen-bond acceptors (Lipinski definition) is 2. The molecule has 2 heteroatoms. The van der Waals surface area contributed by atoms with Gasteiger partial charge in [0.05, 0.1) is 0 Å². The second-order valence-corrected chi connectivity index (χ2v) is 7.27. The van der Waals surface area contributed by atoms with Crippen LogP contribution in [-0.2, 0) is 5.75 Å². The zero-order valence-electron chi connectivity index (χ0n) is 11.9. The van der Waals surface area contributed by atoms with E-state index in [1.807, 2.05) is 0 Å². The Morgan fingerprint density at radius 2 is 2.00 bits per heavy atom. The van der Waals surface area contributed by atoms with Crippen molar-refractivity contribution < 1.29 is 0 Å². The predicted molar refractivity (Wildman–Crippen MR) is 84.5 cm³/mol. The van der Waals surface area contributed by atoms with E-state index in [4.69, 9.17) is 0 Å². The molecule has 19 heavy (non-hydrogen) atoms. The van der Waals surface area contributed by atoms with Gasteiger partial charge in [-0.1, -0.05) is 44.0 Å². The van der Waals surface area contributed by atoms with Gasteiger partial charge in [-0.15, -0.1) is 0 Å². The van der Waals surface area contributed by atoms with Gasteiger partial charge in [0.2, 0.25) is 0 Å². The third-order valence-corrected chi connectivity index (χ3v) is 5.75. The summed E-state index contributed by atoms with van der Waals surface area (Å²) in [5.74, 6) is 3.36. The van der Waals surface area contributed by atoms with Crippen LogP contribution < -0.4 is 5.32 Å². The fourth-order valence-corrected chi connectivity index (χ4v) is 4.57. The van der Waals surface area contributed by atoms with Crippen molar-refractivity contribution in [3.8, 4) is 0 Å². The molecule has 1 fully saturated rings. The zero-order chi connectivity index (χ0) is 13.1. The standard InChI is InChI=1S/C17H25NS/c1-13-5-4-7-15(10-9-13)18-17-12-19-11-14-6-2-3-8-16(14)17/h2-3,6,8,13,15,17-18H,4-5,7,9-12H2,1H3. The van der Waals surface area contributed by atoms with Gasteiger partial charge >= 0.3 is 0 Å². The van der Waals surface area contributed by atoms with Crippen molar-refractivity contribution in [2.75, 3.05) is 5.75 Å². The summed E-state index contributed by atoms with van der Waals surface area (Å²) in [4.78, 5) is 0. The van der Waals surface area contributed by atoms with Crippen LogP contribution in [0, 0.1) is 5.92 Å². The predicted octanol–water partition coefficient (Wildman–Crippen LogP) is 4.53. The third-order valence-electron chi connectivity index (χ3n) is 4.67. The third kappa shape index (κ3) is 3.35. The molecule has 1 aromatic carbocycles. The molecule has 1 aliphatic carbocycles. The highest BCUT2D eigenvalue weighted by Crippen LogP contribution is 2.33. The fraction of sp³-hybridized carbons (Fsp3) is 0.647. The molecule has 3 atom stereocenters. The molecule has 2 aliphatic rings. The van der Waals surface area contributed by atoms with Crippen molar-refractivity contribution in [3.05, 3.63) is 35.4 Å². The van der Waals surface area contributed by atoms with E-state index in [0.29, 0.717) is 6.04 Å². The van der Waals surface area contributed by atoms with Crippen LogP contribution in [0.5, 0.6) is 0 Å². The molecule has 1 heterocycles. The monoisotopic (exact) mass is 275 g/mol. The number of nitrogens with one attached hydrogen (secondary N) is 1. The quantitative estimate of drug-likeness (QED) is 0.796. The summed E-state index contributed by atoms with van der Waals surface area (Å²) in [7, 11) is 0. The van der Waals surface area contributed by atoms with Gasteiger partial charge in [0.25, 0.3) is 0 Å². The topological polar surface area (TPSA) is 12.0 Å². The Labute approximate surface area is 121 Å². The van der Waals surface area contributed by atoms with Gasteiger partial charge in [-0.05, 0) is 36.3 Å². The first-order valence-corrected chi connectivity index (χ1v) is 8.90. The summed E-state index contributed by atoms with van der Waals surface area (Å²) in [6.07, 6.45) is 6.96. The Balaban J connectivity index is 1.67. The van der Waals surface area contributed by atoms with Crippen LogP contribution in [0.3, 0.4) is 0 Å². The van der Waals surface area contributed by atoms with Gasteiger partial charge < -0.3 is 5.32 Å². The van der Waals surface area contributed by atoms with E-state index < -0.39 is 0 Å². The van der Waals surface area contributed by atoms with E-state index in [9.17, 15) is 0 Å². The van der Waals surface area contributed by atoms with Gasteiger partial charge in [-0.25, -0.2) is 0 Å². The van der Waals surface area contributed by atoms with E-state index in [0.717, 1.165) is 12.0 Å². The number of fused-ring (bicyclic) bond motifs is 1. The summed E-state index contributed by atoms with van der Waals surface area (Å²) in [6.45, 7) is 2.41. The van der Waals surface area contributed by atoms with Crippen molar-refractivity contribution in [2.45, 2.75) is 56.9 Å². The smallest absolute Gasteiger partial charge is 0.0417 e. The van der Waals surface area contributed by atoms with Crippen molar-refractivity contribution in [3.63, 3.8) is 0 Å². The fourth-order valence-electron chi connectivity index (χ4n) is 3.46. The molecule has 104 valence electrons. The molecule has 0 saturated heterocycles. The molecule has 0 bridgehead atoms. The van der Waals surface area contributed by atoms with Gasteiger partial charge in [-0.2, -0.15) is 11.8 Å². The number of rotatable bonds is 2. The first-order chi connectivity index (χ1) is 9.33. The summed E-state index contributed by atoms with van der Waals surface area (Å²) < 4.78 is 0. The highest BCUT2D eigenvalue weighted by atomic mass is 32.2. The molecule has 1 nitrogen and oxygen atoms in total. The first-order valence-electron chi connectivity index (χ1n) is 7.74. The summed E-state index contributed by atoms with van der Waals surface area (Å²) in [6, 6.07) is 10.3. The van der Waals surface area contributed by atoms with Gasteiger partial charge in [-0.3, -0.25) is 0 Å². The van der Waals surface area contributed by atoms with E-state index in [2.05, 4.69) is 48.3 Å².